The summed E-state index contributed by atoms with van der Waals surface area (Å²) >= 11 is 3.81. The highest BCUT2D eigenvalue weighted by Gasteiger charge is 2.33. The first-order chi connectivity index (χ1) is 14.5. The van der Waals surface area contributed by atoms with Crippen LogP contribution in [0.2, 0.25) is 0 Å². The minimum Gasteiger partial charge on any atom is -0.493 e. The molecule has 0 aliphatic carbocycles. The summed E-state index contributed by atoms with van der Waals surface area (Å²) in [6.07, 6.45) is 5.03. The van der Waals surface area contributed by atoms with Crippen molar-refractivity contribution in [1.82, 2.24) is 19.1 Å². The van der Waals surface area contributed by atoms with Gasteiger partial charge in [0.25, 0.3) is 0 Å². The van der Waals surface area contributed by atoms with Crippen molar-refractivity contribution < 1.29 is 9.13 Å². The molecule has 0 fully saturated rings. The van der Waals surface area contributed by atoms with Gasteiger partial charge in [0, 0.05) is 35.8 Å². The van der Waals surface area contributed by atoms with Gasteiger partial charge in [0.2, 0.25) is 0 Å². The van der Waals surface area contributed by atoms with Crippen LogP contribution in [0.1, 0.15) is 31.4 Å². The molecule has 0 radical (unpaired) electrons. The second-order valence-electron chi connectivity index (χ2n) is 7.66. The molecule has 6 nitrogen and oxygen atoms in total. The van der Waals surface area contributed by atoms with E-state index >= 15 is 0 Å². The fraction of sp³-hybridized carbons (Fsp3) is 0.429. The quantitative estimate of drug-likeness (QED) is 0.190. The van der Waals surface area contributed by atoms with E-state index in [2.05, 4.69) is 35.9 Å². The molecule has 0 spiro atoms. The molecule has 3 aliphatic heterocycles. The summed E-state index contributed by atoms with van der Waals surface area (Å²) < 4.78 is 21.3. The van der Waals surface area contributed by atoms with Gasteiger partial charge in [-0.3, -0.25) is 13.7 Å². The summed E-state index contributed by atoms with van der Waals surface area (Å²) in [6, 6.07) is 6.50. The maximum Gasteiger partial charge on any atom is 0.199 e. The molecule has 1 aromatic carbocycles. The van der Waals surface area contributed by atoms with Gasteiger partial charge in [0.05, 0.1) is 41.3 Å². The second kappa shape index (κ2) is 9.47. The first-order valence-corrected chi connectivity index (χ1v) is 11.9. The minimum absolute atomic E-state index is 0.0394. The van der Waals surface area contributed by atoms with Crippen molar-refractivity contribution >= 4 is 45.9 Å². The summed E-state index contributed by atoms with van der Waals surface area (Å²) in [4.78, 5) is 1.29. The minimum atomic E-state index is -1.10. The average molecular weight is 543 g/mol. The maximum absolute atomic E-state index is 13.8. The highest BCUT2D eigenvalue weighted by molar-refractivity contribution is 14.1. The zero-order valence-corrected chi connectivity index (χ0v) is 20.0. The van der Waals surface area contributed by atoms with Gasteiger partial charge < -0.3 is 15.8 Å². The van der Waals surface area contributed by atoms with Gasteiger partial charge in [-0.25, -0.2) is 4.39 Å². The van der Waals surface area contributed by atoms with Crippen molar-refractivity contribution in [2.24, 2.45) is 5.73 Å². The number of thioether (sulfide) groups is 1. The largest absolute Gasteiger partial charge is 0.493 e. The number of allylic oxidation sites excluding steroid dienone is 2. The Kier molecular flexibility index (Phi) is 6.93. The van der Waals surface area contributed by atoms with Crippen LogP contribution >= 0.6 is 34.6 Å². The summed E-state index contributed by atoms with van der Waals surface area (Å²) in [7, 11) is 0. The van der Waals surface area contributed by atoms with Crippen LogP contribution in [-0.2, 0) is 0 Å². The Balaban J connectivity index is 1.63. The summed E-state index contributed by atoms with van der Waals surface area (Å²) in [5.74, 6) is 0.868. The van der Waals surface area contributed by atoms with Crippen LogP contribution in [0.5, 0.6) is 5.75 Å². The zero-order valence-electron chi connectivity index (χ0n) is 17.0. The Morgan fingerprint density at radius 1 is 1.43 bits per heavy atom. The average Bonchev–Trinajstić information content (AvgIpc) is 3.06. The van der Waals surface area contributed by atoms with Gasteiger partial charge in [-0.2, -0.15) is 0 Å². The summed E-state index contributed by atoms with van der Waals surface area (Å²) in [5.41, 5.74) is 9.94. The highest BCUT2D eigenvalue weighted by Crippen LogP contribution is 2.44. The van der Waals surface area contributed by atoms with Crippen LogP contribution in [0.4, 0.5) is 4.39 Å². The third-order valence-electron chi connectivity index (χ3n) is 5.09. The Hall–Kier alpha value is -1.27. The summed E-state index contributed by atoms with van der Waals surface area (Å²) in [5, 5.41) is 10.7. The van der Waals surface area contributed by atoms with Gasteiger partial charge in [-0.05, 0) is 43.2 Å². The number of nitrogens with zero attached hydrogens (tertiary/aromatic N) is 1. The molecular formula is C21H27FIN5OS. The Morgan fingerprint density at radius 2 is 2.27 bits per heavy atom. The van der Waals surface area contributed by atoms with Crippen molar-refractivity contribution in [3.8, 4) is 5.75 Å². The van der Waals surface area contributed by atoms with E-state index in [1.807, 2.05) is 59.0 Å². The van der Waals surface area contributed by atoms with Crippen LogP contribution in [0.15, 0.2) is 41.5 Å². The number of rotatable bonds is 6. The lowest BCUT2D eigenvalue weighted by Crippen LogP contribution is -2.56. The molecule has 162 valence electrons. The lowest BCUT2D eigenvalue weighted by molar-refractivity contribution is 0.295. The number of hydrogen-bond donors (Lipinski definition) is 4. The van der Waals surface area contributed by atoms with E-state index in [-0.39, 0.29) is 11.5 Å². The van der Waals surface area contributed by atoms with Gasteiger partial charge in [-0.1, -0.05) is 12.1 Å². The molecule has 3 heterocycles. The normalized spacial score (nSPS) is 24.1. The van der Waals surface area contributed by atoms with E-state index < -0.39 is 6.30 Å². The topological polar surface area (TPSA) is 74.6 Å². The van der Waals surface area contributed by atoms with Crippen LogP contribution in [-0.4, -0.2) is 40.3 Å². The lowest BCUT2D eigenvalue weighted by Gasteiger charge is -2.28. The number of nitrogens with two attached hydrogens (primary N) is 1. The van der Waals surface area contributed by atoms with Crippen LogP contribution < -0.4 is 26.4 Å². The molecule has 30 heavy (non-hydrogen) atoms. The van der Waals surface area contributed by atoms with E-state index in [0.717, 1.165) is 34.6 Å². The molecule has 0 bridgehead atoms. The molecule has 0 aromatic heterocycles. The molecule has 5 N–H and O–H groups in total. The maximum atomic E-state index is 13.8. The number of hydrogen-bond acceptors (Lipinski definition) is 7. The fourth-order valence-corrected chi connectivity index (χ4v) is 5.50. The molecular weight excluding hydrogens is 516 g/mol. The van der Waals surface area contributed by atoms with Crippen molar-refractivity contribution in [2.45, 2.75) is 44.1 Å². The van der Waals surface area contributed by atoms with Gasteiger partial charge in [0.15, 0.2) is 6.30 Å². The third-order valence-corrected chi connectivity index (χ3v) is 7.24. The number of alkyl halides is 1. The van der Waals surface area contributed by atoms with Gasteiger partial charge in [0.1, 0.15) is 11.1 Å². The molecule has 1 aromatic rings. The Labute approximate surface area is 195 Å². The van der Waals surface area contributed by atoms with E-state index in [0.29, 0.717) is 19.3 Å². The van der Waals surface area contributed by atoms with Crippen molar-refractivity contribution in [1.29, 1.82) is 0 Å². The van der Waals surface area contributed by atoms with Crippen LogP contribution in [0.3, 0.4) is 0 Å². The number of fused-ring (bicyclic) bond motifs is 2. The number of nitrogens with one attached hydrogen (secondary N) is 3. The van der Waals surface area contributed by atoms with Crippen LogP contribution in [0.25, 0.3) is 11.3 Å². The molecule has 3 atom stereocenters. The van der Waals surface area contributed by atoms with E-state index in [9.17, 15) is 4.39 Å². The fourth-order valence-electron chi connectivity index (χ4n) is 3.73. The smallest absolute Gasteiger partial charge is 0.199 e. The van der Waals surface area contributed by atoms with E-state index in [4.69, 9.17) is 10.5 Å². The monoisotopic (exact) mass is 543 g/mol. The number of ether oxygens (including phenoxy) is 1. The molecule has 9 heteroatoms. The predicted molar refractivity (Wildman–Crippen MR) is 130 cm³/mol. The molecule has 4 rings (SSSR count). The summed E-state index contributed by atoms with van der Waals surface area (Å²) in [6.45, 7) is 5.30. The predicted octanol–water partition coefficient (Wildman–Crippen LogP) is 3.49. The molecule has 0 amide bonds. The molecule has 3 aliphatic rings. The van der Waals surface area contributed by atoms with Gasteiger partial charge in [-0.15, -0.1) is 11.8 Å². The highest BCUT2D eigenvalue weighted by atomic mass is 127. The molecule has 3 unspecified atom stereocenters. The standard InChI is InChI=1S/C21H27FIN5OS/c1-12(2)26-20(25-11-24)21-27-19-15-9-13(14-4-6-18(22)28(23)10-14)3-5-16(15)29-8-7-17(19)30-21/h3-6,9-10,12,18,20-21,25-27H,7-8,11,24H2,1-2H3. The van der Waals surface area contributed by atoms with Gasteiger partial charge >= 0.3 is 0 Å². The number of benzene rings is 1. The molecule has 0 saturated carbocycles. The SMILES string of the molecule is CC(C)NC(NCN)C1NC2=C(CCOc3ccc(C4=CN(I)C(F)C=C4)cc32)S1. The Morgan fingerprint density at radius 3 is 3.00 bits per heavy atom. The van der Waals surface area contributed by atoms with Crippen molar-refractivity contribution in [3.63, 3.8) is 0 Å². The number of halogens is 2. The lowest BCUT2D eigenvalue weighted by atomic mass is 9.99. The second-order valence-corrected chi connectivity index (χ2v) is 10.0. The van der Waals surface area contributed by atoms with Crippen molar-refractivity contribution in [3.05, 3.63) is 52.6 Å². The first kappa shape index (κ1) is 21.9. The van der Waals surface area contributed by atoms with Crippen molar-refractivity contribution in [2.75, 3.05) is 13.3 Å². The first-order valence-electron chi connectivity index (χ1n) is 10.1. The zero-order chi connectivity index (χ0) is 21.3. The van der Waals surface area contributed by atoms with E-state index in [1.54, 1.807) is 9.19 Å². The van der Waals surface area contributed by atoms with Crippen LogP contribution in [0, 0.1) is 0 Å². The van der Waals surface area contributed by atoms with E-state index in [1.165, 1.54) is 4.91 Å². The Bertz CT molecular complexity index is 890. The molecule has 0 saturated heterocycles. The third kappa shape index (κ3) is 4.64.